The molecule has 7 heteroatoms. The Bertz CT molecular complexity index is 1180. The molecule has 5 rings (SSSR count). The van der Waals surface area contributed by atoms with Gasteiger partial charge in [-0.1, -0.05) is 47.6 Å². The van der Waals surface area contributed by atoms with Crippen molar-refractivity contribution in [2.75, 3.05) is 11.7 Å². The van der Waals surface area contributed by atoms with Crippen LogP contribution in [0.15, 0.2) is 65.8 Å². The minimum atomic E-state index is -0.457. The van der Waals surface area contributed by atoms with Gasteiger partial charge in [0.05, 0.1) is 18.8 Å². The van der Waals surface area contributed by atoms with Crippen LogP contribution >= 0.6 is 0 Å². The van der Waals surface area contributed by atoms with Crippen LogP contribution < -0.4 is 9.64 Å². The van der Waals surface area contributed by atoms with Crippen molar-refractivity contribution in [1.29, 1.82) is 0 Å². The molecule has 0 saturated carbocycles. The fourth-order valence-electron chi connectivity index (χ4n) is 4.01. The average Bonchev–Trinajstić information content (AvgIpc) is 3.05. The van der Waals surface area contributed by atoms with Crippen LogP contribution in [0.5, 0.6) is 5.75 Å². The van der Waals surface area contributed by atoms with Crippen LogP contribution in [0, 0.1) is 5.82 Å². The molecule has 1 N–H and O–H groups in total. The SMILES string of the molecule is O=C1/C(=N\O)c2c(-c3ccccc3)cccc2N1Cc1cc(F)cc2c1OCOC2. The molecule has 0 bridgehead atoms. The highest BCUT2D eigenvalue weighted by molar-refractivity contribution is 6.55. The summed E-state index contributed by atoms with van der Waals surface area (Å²) in [6, 6.07) is 17.8. The van der Waals surface area contributed by atoms with E-state index in [0.717, 1.165) is 11.1 Å². The number of fused-ring (bicyclic) bond motifs is 2. The van der Waals surface area contributed by atoms with Crippen molar-refractivity contribution in [3.8, 4) is 16.9 Å². The Kier molecular flexibility index (Phi) is 4.44. The number of rotatable bonds is 3. The van der Waals surface area contributed by atoms with E-state index in [2.05, 4.69) is 5.16 Å². The Morgan fingerprint density at radius 1 is 1.10 bits per heavy atom. The van der Waals surface area contributed by atoms with Crippen LogP contribution in [-0.4, -0.2) is 23.6 Å². The maximum absolute atomic E-state index is 14.2. The van der Waals surface area contributed by atoms with E-state index < -0.39 is 11.7 Å². The highest BCUT2D eigenvalue weighted by Gasteiger charge is 2.37. The number of anilines is 1. The Labute approximate surface area is 171 Å². The van der Waals surface area contributed by atoms with Gasteiger partial charge in [-0.3, -0.25) is 4.79 Å². The topological polar surface area (TPSA) is 71.4 Å². The number of benzene rings is 3. The highest BCUT2D eigenvalue weighted by atomic mass is 19.1. The first kappa shape index (κ1) is 18.3. The molecule has 0 radical (unpaired) electrons. The lowest BCUT2D eigenvalue weighted by atomic mass is 9.97. The van der Waals surface area contributed by atoms with Gasteiger partial charge in [-0.15, -0.1) is 0 Å². The van der Waals surface area contributed by atoms with E-state index in [1.54, 1.807) is 6.07 Å². The second-order valence-electron chi connectivity index (χ2n) is 7.07. The van der Waals surface area contributed by atoms with E-state index in [-0.39, 0.29) is 25.7 Å². The monoisotopic (exact) mass is 404 g/mol. The van der Waals surface area contributed by atoms with Crippen LogP contribution in [0.4, 0.5) is 10.1 Å². The van der Waals surface area contributed by atoms with Crippen molar-refractivity contribution in [1.82, 2.24) is 0 Å². The molecular weight excluding hydrogens is 387 g/mol. The summed E-state index contributed by atoms with van der Waals surface area (Å²) in [5, 5.41) is 12.9. The van der Waals surface area contributed by atoms with Crippen LogP contribution in [0.2, 0.25) is 0 Å². The van der Waals surface area contributed by atoms with Gasteiger partial charge < -0.3 is 19.6 Å². The van der Waals surface area contributed by atoms with E-state index in [0.29, 0.717) is 28.1 Å². The fourth-order valence-corrected chi connectivity index (χ4v) is 4.01. The molecule has 0 fully saturated rings. The number of ether oxygens (including phenoxy) is 2. The number of halogens is 1. The molecule has 0 spiro atoms. The van der Waals surface area contributed by atoms with Gasteiger partial charge in [-0.25, -0.2) is 4.39 Å². The molecule has 3 aromatic rings. The lowest BCUT2D eigenvalue weighted by molar-refractivity contribution is -0.112. The van der Waals surface area contributed by atoms with Crippen molar-refractivity contribution in [2.24, 2.45) is 5.16 Å². The van der Waals surface area contributed by atoms with Crippen molar-refractivity contribution >= 4 is 17.3 Å². The molecule has 0 aromatic heterocycles. The Balaban J connectivity index is 1.62. The number of hydrogen-bond donors (Lipinski definition) is 1. The number of oxime groups is 1. The molecule has 3 aromatic carbocycles. The van der Waals surface area contributed by atoms with Gasteiger partial charge in [-0.05, 0) is 29.3 Å². The summed E-state index contributed by atoms with van der Waals surface area (Å²) in [5.74, 6) is -0.370. The summed E-state index contributed by atoms with van der Waals surface area (Å²) in [4.78, 5) is 14.6. The Morgan fingerprint density at radius 3 is 2.73 bits per heavy atom. The van der Waals surface area contributed by atoms with E-state index >= 15 is 0 Å². The summed E-state index contributed by atoms with van der Waals surface area (Å²) in [6.07, 6.45) is 0. The van der Waals surface area contributed by atoms with Gasteiger partial charge in [0.25, 0.3) is 5.91 Å². The molecule has 0 unspecified atom stereocenters. The van der Waals surface area contributed by atoms with E-state index in [1.807, 2.05) is 42.5 Å². The van der Waals surface area contributed by atoms with Crippen LogP contribution in [0.1, 0.15) is 16.7 Å². The van der Waals surface area contributed by atoms with Crippen LogP contribution in [0.3, 0.4) is 0 Å². The molecule has 0 atom stereocenters. The lowest BCUT2D eigenvalue weighted by Gasteiger charge is -2.24. The second-order valence-corrected chi connectivity index (χ2v) is 7.07. The van der Waals surface area contributed by atoms with E-state index in [9.17, 15) is 14.4 Å². The number of carbonyl (C=O) groups is 1. The third kappa shape index (κ3) is 2.91. The first-order valence-corrected chi connectivity index (χ1v) is 9.42. The zero-order chi connectivity index (χ0) is 20.7. The largest absolute Gasteiger partial charge is 0.467 e. The standard InChI is InChI=1S/C23H17FN2O4/c24-17-9-15(22-16(10-17)12-29-13-30-22)11-26-19-8-4-7-18(14-5-2-1-3-6-14)20(19)21(25-28)23(26)27/h1-10,28H,11-13H2/b25-21-. The number of carbonyl (C=O) groups excluding carboxylic acids is 1. The summed E-state index contributed by atoms with van der Waals surface area (Å²) in [5.41, 5.74) is 3.90. The number of nitrogens with zero attached hydrogens (tertiary/aromatic N) is 2. The lowest BCUT2D eigenvalue weighted by Crippen LogP contribution is -2.30. The molecule has 0 aliphatic carbocycles. The van der Waals surface area contributed by atoms with Crippen molar-refractivity contribution in [3.05, 3.63) is 83.2 Å². The minimum Gasteiger partial charge on any atom is -0.467 e. The maximum atomic E-state index is 14.2. The molecule has 6 nitrogen and oxygen atoms in total. The quantitative estimate of drug-likeness (QED) is 0.527. The highest BCUT2D eigenvalue weighted by Crippen LogP contribution is 2.39. The van der Waals surface area contributed by atoms with Gasteiger partial charge in [0.1, 0.15) is 11.6 Å². The summed E-state index contributed by atoms with van der Waals surface area (Å²) >= 11 is 0. The molecule has 0 saturated heterocycles. The smallest absolute Gasteiger partial charge is 0.281 e. The van der Waals surface area contributed by atoms with Gasteiger partial charge in [0, 0.05) is 16.7 Å². The molecule has 30 heavy (non-hydrogen) atoms. The summed E-state index contributed by atoms with van der Waals surface area (Å²) < 4.78 is 25.0. The molecule has 1 amide bonds. The predicted molar refractivity (Wildman–Crippen MR) is 108 cm³/mol. The normalized spacial score (nSPS) is 16.4. The van der Waals surface area contributed by atoms with Gasteiger partial charge >= 0.3 is 0 Å². The third-order valence-corrected chi connectivity index (χ3v) is 5.28. The van der Waals surface area contributed by atoms with E-state index in [1.165, 1.54) is 17.0 Å². The van der Waals surface area contributed by atoms with Crippen LogP contribution in [0.25, 0.3) is 11.1 Å². The molecular formula is C23H17FN2O4. The second kappa shape index (κ2) is 7.27. The molecule has 2 aliphatic heterocycles. The maximum Gasteiger partial charge on any atom is 0.281 e. The van der Waals surface area contributed by atoms with Gasteiger partial charge in [0.15, 0.2) is 12.5 Å². The Morgan fingerprint density at radius 2 is 1.93 bits per heavy atom. The summed E-state index contributed by atoms with van der Waals surface area (Å²) in [7, 11) is 0. The van der Waals surface area contributed by atoms with Crippen molar-refractivity contribution in [3.63, 3.8) is 0 Å². The number of amides is 1. The zero-order valence-electron chi connectivity index (χ0n) is 15.8. The summed E-state index contributed by atoms with van der Waals surface area (Å²) in [6.45, 7) is 0.382. The molecule has 2 aliphatic rings. The first-order valence-electron chi connectivity index (χ1n) is 9.42. The van der Waals surface area contributed by atoms with E-state index in [4.69, 9.17) is 9.47 Å². The average molecular weight is 404 g/mol. The number of hydrogen-bond acceptors (Lipinski definition) is 5. The molecule has 150 valence electrons. The first-order chi connectivity index (χ1) is 14.7. The van der Waals surface area contributed by atoms with Gasteiger partial charge in [-0.2, -0.15) is 0 Å². The zero-order valence-corrected chi connectivity index (χ0v) is 15.8. The molecule has 2 heterocycles. The van der Waals surface area contributed by atoms with Crippen molar-refractivity contribution < 1.29 is 23.9 Å². The Hall–Kier alpha value is -3.71. The predicted octanol–water partition coefficient (Wildman–Crippen LogP) is 4.08. The van der Waals surface area contributed by atoms with Crippen molar-refractivity contribution in [2.45, 2.75) is 13.2 Å². The van der Waals surface area contributed by atoms with Gasteiger partial charge in [0.2, 0.25) is 0 Å². The minimum absolute atomic E-state index is 0.0426. The van der Waals surface area contributed by atoms with Crippen LogP contribution in [-0.2, 0) is 22.7 Å². The fraction of sp³-hybridized carbons (Fsp3) is 0.130. The third-order valence-electron chi connectivity index (χ3n) is 5.28.